The predicted octanol–water partition coefficient (Wildman–Crippen LogP) is 3.15. The molecule has 4 atom stereocenters. The fraction of sp³-hybridized carbons (Fsp3) is 0.600. The molecule has 0 spiro atoms. The molecule has 0 aliphatic carbocycles. The van der Waals surface area contributed by atoms with Crippen LogP contribution in [0.2, 0.25) is 0 Å². The highest BCUT2D eigenvalue weighted by molar-refractivity contribution is 6.20. The van der Waals surface area contributed by atoms with Crippen LogP contribution >= 0.6 is 11.6 Å². The van der Waals surface area contributed by atoms with E-state index in [4.69, 9.17) is 16.3 Å². The van der Waals surface area contributed by atoms with Crippen LogP contribution in [0.15, 0.2) is 18.2 Å². The quantitative estimate of drug-likeness (QED) is 0.553. The van der Waals surface area contributed by atoms with Gasteiger partial charge in [-0.05, 0) is 43.0 Å². The first-order chi connectivity index (χ1) is 14.0. The number of alkyl halides is 4. The molecule has 1 amide bonds. The molecule has 3 rings (SSSR count). The molecule has 2 heterocycles. The number of nitrogens with zero attached hydrogens (tertiary/aromatic N) is 1. The van der Waals surface area contributed by atoms with E-state index in [-0.39, 0.29) is 17.8 Å². The second kappa shape index (κ2) is 8.17. The number of anilines is 1. The number of hydrogen-bond acceptors (Lipinski definition) is 5. The van der Waals surface area contributed by atoms with Gasteiger partial charge < -0.3 is 19.7 Å². The summed E-state index contributed by atoms with van der Waals surface area (Å²) in [6, 6.07) is 3.94. The van der Waals surface area contributed by atoms with Crippen LogP contribution in [0, 0.1) is 0 Å². The standard InChI is InChI=1S/C20H24ClF3N2O4/c1-19(10-14(17(27)30-3)25-18(28)20(22,23)24)13-9-12(29-2)4-5-15(13)26-7-6-11(21)8-16(19)26/h4-5,9,11,14,16H,6-8,10H2,1-3H3,(H,25,28)/t11-,14?,16+,19-/m0/s1. The molecule has 30 heavy (non-hydrogen) atoms. The van der Waals surface area contributed by atoms with Gasteiger partial charge in [-0.25, -0.2) is 4.79 Å². The molecule has 1 aromatic carbocycles. The molecule has 0 bridgehead atoms. The van der Waals surface area contributed by atoms with E-state index in [1.54, 1.807) is 5.32 Å². The van der Waals surface area contributed by atoms with Crippen molar-refractivity contribution in [3.8, 4) is 5.75 Å². The fourth-order valence-electron chi connectivity index (χ4n) is 4.59. The number of benzene rings is 1. The molecule has 1 fully saturated rings. The van der Waals surface area contributed by atoms with E-state index in [1.807, 2.05) is 25.1 Å². The van der Waals surface area contributed by atoms with Gasteiger partial charge in [-0.1, -0.05) is 6.92 Å². The van der Waals surface area contributed by atoms with Gasteiger partial charge in [-0.15, -0.1) is 11.6 Å². The average molecular weight is 449 g/mol. The van der Waals surface area contributed by atoms with Crippen LogP contribution in [0.25, 0.3) is 0 Å². The lowest BCUT2D eigenvalue weighted by molar-refractivity contribution is -0.176. The molecular formula is C20H24ClF3N2O4. The van der Waals surface area contributed by atoms with E-state index < -0.39 is 29.5 Å². The summed E-state index contributed by atoms with van der Waals surface area (Å²) in [7, 11) is 2.60. The average Bonchev–Trinajstić information content (AvgIpc) is 2.93. The number of piperidine rings is 1. The van der Waals surface area contributed by atoms with Gasteiger partial charge in [0.25, 0.3) is 0 Å². The normalized spacial score (nSPS) is 26.4. The van der Waals surface area contributed by atoms with Crippen molar-refractivity contribution in [2.45, 2.75) is 55.2 Å². The highest BCUT2D eigenvalue weighted by Gasteiger charge is 2.52. The number of amides is 1. The lowest BCUT2D eigenvalue weighted by atomic mass is 9.71. The number of fused-ring (bicyclic) bond motifs is 3. The van der Waals surface area contributed by atoms with Gasteiger partial charge in [0, 0.05) is 29.1 Å². The zero-order valence-electron chi connectivity index (χ0n) is 16.9. The van der Waals surface area contributed by atoms with Crippen LogP contribution in [0.3, 0.4) is 0 Å². The van der Waals surface area contributed by atoms with E-state index in [1.165, 1.54) is 7.11 Å². The third-order valence-corrected chi connectivity index (χ3v) is 6.48. The highest BCUT2D eigenvalue weighted by Crippen LogP contribution is 2.52. The van der Waals surface area contributed by atoms with Crippen LogP contribution in [-0.4, -0.2) is 56.3 Å². The molecule has 1 saturated heterocycles. The Balaban J connectivity index is 2.01. The zero-order chi connectivity index (χ0) is 22.3. The molecule has 166 valence electrons. The van der Waals surface area contributed by atoms with Crippen molar-refractivity contribution in [3.05, 3.63) is 23.8 Å². The van der Waals surface area contributed by atoms with Gasteiger partial charge in [-0.3, -0.25) is 4.79 Å². The number of esters is 1. The lowest BCUT2D eigenvalue weighted by Crippen LogP contribution is -2.54. The Kier molecular flexibility index (Phi) is 6.13. The maximum Gasteiger partial charge on any atom is 0.471 e. The van der Waals surface area contributed by atoms with E-state index >= 15 is 0 Å². The largest absolute Gasteiger partial charge is 0.497 e. The first-order valence-corrected chi connectivity index (χ1v) is 9.99. The molecule has 0 saturated carbocycles. The summed E-state index contributed by atoms with van der Waals surface area (Å²) in [6.45, 7) is 2.56. The van der Waals surface area contributed by atoms with Crippen molar-refractivity contribution in [3.63, 3.8) is 0 Å². The second-order valence-electron chi connectivity index (χ2n) is 7.88. The Morgan fingerprint density at radius 3 is 2.67 bits per heavy atom. The number of halogens is 4. The molecule has 6 nitrogen and oxygen atoms in total. The van der Waals surface area contributed by atoms with Crippen LogP contribution in [0.1, 0.15) is 31.7 Å². The van der Waals surface area contributed by atoms with Crippen molar-refractivity contribution in [2.75, 3.05) is 25.7 Å². The third kappa shape index (κ3) is 4.04. The minimum absolute atomic E-state index is 0.0769. The summed E-state index contributed by atoms with van der Waals surface area (Å²) >= 11 is 6.42. The van der Waals surface area contributed by atoms with Crippen molar-refractivity contribution in [2.24, 2.45) is 0 Å². The Hall–Kier alpha value is -2.16. The minimum atomic E-state index is -5.11. The molecular weight excluding hydrogens is 425 g/mol. The number of methoxy groups -OCH3 is 2. The molecule has 1 unspecified atom stereocenters. The summed E-state index contributed by atoms with van der Waals surface area (Å²) in [6.07, 6.45) is -3.82. The highest BCUT2D eigenvalue weighted by atomic mass is 35.5. The van der Waals surface area contributed by atoms with Gasteiger partial charge in [0.05, 0.1) is 14.2 Å². The maximum atomic E-state index is 12.8. The topological polar surface area (TPSA) is 67.9 Å². The summed E-state index contributed by atoms with van der Waals surface area (Å²) in [4.78, 5) is 26.0. The van der Waals surface area contributed by atoms with Crippen molar-refractivity contribution in [1.82, 2.24) is 5.32 Å². The van der Waals surface area contributed by atoms with Gasteiger partial charge in [-0.2, -0.15) is 13.2 Å². The number of carbonyl (C=O) groups excluding carboxylic acids is 2. The number of hydrogen-bond donors (Lipinski definition) is 1. The third-order valence-electron chi connectivity index (χ3n) is 6.08. The molecule has 0 aromatic heterocycles. The predicted molar refractivity (Wildman–Crippen MR) is 105 cm³/mol. The van der Waals surface area contributed by atoms with E-state index in [2.05, 4.69) is 9.64 Å². The first kappa shape index (κ1) is 22.5. The van der Waals surface area contributed by atoms with E-state index in [0.717, 1.165) is 24.8 Å². The molecule has 10 heteroatoms. The van der Waals surface area contributed by atoms with E-state index in [0.29, 0.717) is 18.7 Å². The van der Waals surface area contributed by atoms with Gasteiger partial charge in [0.15, 0.2) is 0 Å². The Morgan fingerprint density at radius 1 is 1.37 bits per heavy atom. The van der Waals surface area contributed by atoms with Crippen LogP contribution in [-0.2, 0) is 19.7 Å². The Morgan fingerprint density at radius 2 is 2.07 bits per heavy atom. The van der Waals surface area contributed by atoms with Crippen molar-refractivity contribution >= 4 is 29.2 Å². The molecule has 1 N–H and O–H groups in total. The number of carbonyl (C=O) groups is 2. The van der Waals surface area contributed by atoms with Crippen LogP contribution < -0.4 is 15.0 Å². The van der Waals surface area contributed by atoms with Gasteiger partial charge in [0.2, 0.25) is 0 Å². The summed E-state index contributed by atoms with van der Waals surface area (Å²) in [5.41, 5.74) is 1.00. The van der Waals surface area contributed by atoms with Crippen molar-refractivity contribution in [1.29, 1.82) is 0 Å². The maximum absolute atomic E-state index is 12.8. The fourth-order valence-corrected chi connectivity index (χ4v) is 4.86. The van der Waals surface area contributed by atoms with Crippen molar-refractivity contribution < 1.29 is 32.2 Å². The number of ether oxygens (including phenoxy) is 2. The van der Waals surface area contributed by atoms with Gasteiger partial charge in [0.1, 0.15) is 11.8 Å². The van der Waals surface area contributed by atoms with E-state index in [9.17, 15) is 22.8 Å². The van der Waals surface area contributed by atoms with Gasteiger partial charge >= 0.3 is 18.1 Å². The zero-order valence-corrected chi connectivity index (χ0v) is 17.6. The molecule has 0 radical (unpaired) electrons. The molecule has 1 aromatic rings. The van der Waals surface area contributed by atoms with Crippen LogP contribution in [0.5, 0.6) is 5.75 Å². The van der Waals surface area contributed by atoms with Crippen LogP contribution in [0.4, 0.5) is 18.9 Å². The minimum Gasteiger partial charge on any atom is -0.497 e. The molecule has 2 aliphatic heterocycles. The smallest absolute Gasteiger partial charge is 0.471 e. The summed E-state index contributed by atoms with van der Waals surface area (Å²) in [5, 5.41) is 1.71. The Bertz CT molecular complexity index is 835. The monoisotopic (exact) mass is 448 g/mol. The number of rotatable bonds is 5. The number of nitrogens with one attached hydrogen (secondary N) is 1. The lowest BCUT2D eigenvalue weighted by Gasteiger charge is -2.42. The summed E-state index contributed by atoms with van der Waals surface area (Å²) < 4.78 is 48.5. The molecule has 2 aliphatic rings. The second-order valence-corrected chi connectivity index (χ2v) is 8.50. The Labute approximate surface area is 177 Å². The SMILES string of the molecule is COC(=O)C(C[C@@]1(C)c2cc(OC)ccc2N2CC[C@H](Cl)C[C@@H]21)NC(=O)C(F)(F)F. The summed E-state index contributed by atoms with van der Waals surface area (Å²) in [5.74, 6) is -2.52. The first-order valence-electron chi connectivity index (χ1n) is 9.56.